The van der Waals surface area contributed by atoms with Crippen molar-refractivity contribution < 1.29 is 19.1 Å². The lowest BCUT2D eigenvalue weighted by atomic mass is 10.4. The lowest BCUT2D eigenvalue weighted by Gasteiger charge is -2.05. The van der Waals surface area contributed by atoms with Crippen molar-refractivity contribution in [3.8, 4) is 0 Å². The van der Waals surface area contributed by atoms with Gasteiger partial charge >= 0.3 is 11.9 Å². The fourth-order valence-electron chi connectivity index (χ4n) is 0.550. The standard InChI is InChI=1S/C5H11NO2S.C4H9NO2S.2ClH/c1-2-8-5(7)4(6)3-9;1-7-4(6)3(5)2-8;;/h4,9H,2-3,6H2,1H3;3,8H,2,5H2,1H3;2*1H/t4-;3-;;/m00../s1. The smallest absolute Gasteiger partial charge is 0.323 e. The number of esters is 2. The zero-order valence-electron chi connectivity index (χ0n) is 10.8. The predicted octanol–water partition coefficient (Wildman–Crippen LogP) is 0.0667. The van der Waals surface area contributed by atoms with Crippen LogP contribution in [0.2, 0.25) is 0 Å². The SMILES string of the molecule is CCOC(=O)[C@@H](N)CS.COC(=O)[C@@H](N)CS.Cl.Cl. The first-order chi connectivity index (χ1) is 7.94. The van der Waals surface area contributed by atoms with Crippen molar-refractivity contribution >= 4 is 62.0 Å². The van der Waals surface area contributed by atoms with Crippen molar-refractivity contribution in [2.75, 3.05) is 25.2 Å². The summed E-state index contributed by atoms with van der Waals surface area (Å²) >= 11 is 7.60. The number of halogens is 2. The minimum atomic E-state index is -0.580. The molecule has 0 saturated heterocycles. The van der Waals surface area contributed by atoms with Gasteiger partial charge < -0.3 is 20.9 Å². The number of carbonyl (C=O) groups is 2. The van der Waals surface area contributed by atoms with Gasteiger partial charge in [0.1, 0.15) is 12.1 Å². The molecule has 0 aliphatic heterocycles. The Bertz CT molecular complexity index is 238. The molecule has 19 heavy (non-hydrogen) atoms. The fourth-order valence-corrected chi connectivity index (χ4v) is 0.848. The van der Waals surface area contributed by atoms with Crippen LogP contribution < -0.4 is 11.5 Å². The second-order valence-electron chi connectivity index (χ2n) is 2.85. The van der Waals surface area contributed by atoms with Crippen LogP contribution in [-0.2, 0) is 19.1 Å². The Hall–Kier alpha value is 0.140. The van der Waals surface area contributed by atoms with E-state index in [1.165, 1.54) is 7.11 Å². The number of carbonyl (C=O) groups excluding carboxylic acids is 2. The zero-order chi connectivity index (χ0) is 13.8. The van der Waals surface area contributed by atoms with Gasteiger partial charge in [-0.05, 0) is 6.92 Å². The molecule has 0 unspecified atom stereocenters. The zero-order valence-corrected chi connectivity index (χ0v) is 14.2. The molecule has 0 aromatic rings. The van der Waals surface area contributed by atoms with E-state index in [0.717, 1.165) is 0 Å². The Morgan fingerprint density at radius 1 is 1.05 bits per heavy atom. The van der Waals surface area contributed by atoms with Crippen LogP contribution in [-0.4, -0.2) is 49.2 Å². The second kappa shape index (κ2) is 18.1. The van der Waals surface area contributed by atoms with E-state index < -0.39 is 18.1 Å². The summed E-state index contributed by atoms with van der Waals surface area (Å²) in [6.45, 7) is 2.11. The van der Waals surface area contributed by atoms with Gasteiger partial charge in [0.2, 0.25) is 0 Å². The first kappa shape index (κ1) is 27.5. The molecule has 0 rings (SSSR count). The molecule has 0 heterocycles. The van der Waals surface area contributed by atoms with Gasteiger partial charge in [0.15, 0.2) is 0 Å². The van der Waals surface area contributed by atoms with Gasteiger partial charge in [0.25, 0.3) is 0 Å². The molecule has 0 amide bonds. The maximum absolute atomic E-state index is 10.6. The molecule has 0 saturated carbocycles. The van der Waals surface area contributed by atoms with Crippen molar-refractivity contribution in [2.24, 2.45) is 11.5 Å². The summed E-state index contributed by atoms with van der Waals surface area (Å²) in [5.41, 5.74) is 10.4. The Kier molecular flexibility index (Phi) is 26.2. The van der Waals surface area contributed by atoms with Crippen molar-refractivity contribution in [2.45, 2.75) is 19.0 Å². The quantitative estimate of drug-likeness (QED) is 0.410. The van der Waals surface area contributed by atoms with E-state index in [-0.39, 0.29) is 30.8 Å². The summed E-state index contributed by atoms with van der Waals surface area (Å²) in [7, 11) is 1.30. The Balaban J connectivity index is -0.000000108. The van der Waals surface area contributed by atoms with Crippen LogP contribution in [0.3, 0.4) is 0 Å². The monoisotopic (exact) mass is 356 g/mol. The maximum Gasteiger partial charge on any atom is 0.323 e. The van der Waals surface area contributed by atoms with E-state index in [0.29, 0.717) is 18.1 Å². The van der Waals surface area contributed by atoms with E-state index in [1.54, 1.807) is 6.92 Å². The average molecular weight is 357 g/mol. The van der Waals surface area contributed by atoms with Crippen LogP contribution in [0.5, 0.6) is 0 Å². The molecule has 0 fully saturated rings. The van der Waals surface area contributed by atoms with E-state index in [2.05, 4.69) is 34.7 Å². The van der Waals surface area contributed by atoms with Crippen LogP contribution in [0.4, 0.5) is 0 Å². The van der Waals surface area contributed by atoms with E-state index in [1.807, 2.05) is 0 Å². The molecule has 6 nitrogen and oxygen atoms in total. The fraction of sp³-hybridized carbons (Fsp3) is 0.778. The first-order valence-corrected chi connectivity index (χ1v) is 6.18. The van der Waals surface area contributed by atoms with Crippen LogP contribution >= 0.6 is 50.1 Å². The van der Waals surface area contributed by atoms with E-state index in [4.69, 9.17) is 11.5 Å². The third-order valence-corrected chi connectivity index (χ3v) is 2.27. The van der Waals surface area contributed by atoms with Crippen LogP contribution in [0.1, 0.15) is 6.92 Å². The summed E-state index contributed by atoms with van der Waals surface area (Å²) in [6, 6.07) is -1.16. The molecular weight excluding hydrogens is 335 g/mol. The van der Waals surface area contributed by atoms with Gasteiger partial charge in [-0.3, -0.25) is 9.59 Å². The summed E-state index contributed by atoms with van der Waals surface area (Å²) in [5, 5.41) is 0. The van der Waals surface area contributed by atoms with Gasteiger partial charge in [0.05, 0.1) is 13.7 Å². The molecule has 0 radical (unpaired) electrons. The molecule has 10 heteroatoms. The molecule has 0 aromatic heterocycles. The lowest BCUT2D eigenvalue weighted by Crippen LogP contribution is -2.33. The summed E-state index contributed by atoms with van der Waals surface area (Å²) in [5.74, 6) is -0.140. The molecule has 4 N–H and O–H groups in total. The molecule has 2 atom stereocenters. The number of hydrogen-bond donors (Lipinski definition) is 4. The third kappa shape index (κ3) is 16.1. The van der Waals surface area contributed by atoms with Crippen molar-refractivity contribution in [3.63, 3.8) is 0 Å². The third-order valence-electron chi connectivity index (χ3n) is 1.49. The number of ether oxygens (including phenoxy) is 2. The minimum absolute atomic E-state index is 0. The molecule has 0 aromatic carbocycles. The highest BCUT2D eigenvalue weighted by Crippen LogP contribution is 1.87. The summed E-state index contributed by atoms with van der Waals surface area (Å²) in [4.78, 5) is 20.9. The molecular formula is C9H22Cl2N2O4S2. The van der Waals surface area contributed by atoms with Gasteiger partial charge in [-0.2, -0.15) is 25.3 Å². The Labute approximate surface area is 137 Å². The van der Waals surface area contributed by atoms with E-state index in [9.17, 15) is 9.59 Å². The summed E-state index contributed by atoms with van der Waals surface area (Å²) in [6.07, 6.45) is 0. The predicted molar refractivity (Wildman–Crippen MR) is 86.8 cm³/mol. The highest BCUT2D eigenvalue weighted by Gasteiger charge is 2.10. The van der Waals surface area contributed by atoms with E-state index >= 15 is 0 Å². The number of nitrogens with two attached hydrogens (primary N) is 2. The van der Waals surface area contributed by atoms with Gasteiger partial charge in [-0.25, -0.2) is 0 Å². The topological polar surface area (TPSA) is 105 Å². The Morgan fingerprint density at radius 2 is 1.42 bits per heavy atom. The minimum Gasteiger partial charge on any atom is -0.468 e. The van der Waals surface area contributed by atoms with Crippen molar-refractivity contribution in [1.82, 2.24) is 0 Å². The molecule has 0 aliphatic carbocycles. The normalized spacial score (nSPS) is 11.5. The molecule has 0 spiro atoms. The highest BCUT2D eigenvalue weighted by molar-refractivity contribution is 7.80. The second-order valence-corrected chi connectivity index (χ2v) is 3.58. The maximum atomic E-state index is 10.6. The molecule has 0 aliphatic rings. The number of rotatable bonds is 5. The van der Waals surface area contributed by atoms with Crippen LogP contribution in [0.25, 0.3) is 0 Å². The first-order valence-electron chi connectivity index (χ1n) is 4.91. The highest BCUT2D eigenvalue weighted by atomic mass is 35.5. The molecule has 118 valence electrons. The molecule has 0 bridgehead atoms. The number of hydrogen-bond acceptors (Lipinski definition) is 8. The number of thiol groups is 2. The van der Waals surface area contributed by atoms with Crippen LogP contribution in [0.15, 0.2) is 0 Å². The van der Waals surface area contributed by atoms with Gasteiger partial charge in [0, 0.05) is 11.5 Å². The van der Waals surface area contributed by atoms with Crippen molar-refractivity contribution in [1.29, 1.82) is 0 Å². The van der Waals surface area contributed by atoms with Gasteiger partial charge in [-0.15, -0.1) is 24.8 Å². The number of methoxy groups -OCH3 is 1. The van der Waals surface area contributed by atoms with Gasteiger partial charge in [-0.1, -0.05) is 0 Å². The lowest BCUT2D eigenvalue weighted by molar-refractivity contribution is -0.144. The van der Waals surface area contributed by atoms with Crippen LogP contribution in [0, 0.1) is 0 Å². The largest absolute Gasteiger partial charge is 0.468 e. The van der Waals surface area contributed by atoms with Crippen molar-refractivity contribution in [3.05, 3.63) is 0 Å². The summed E-state index contributed by atoms with van der Waals surface area (Å²) < 4.78 is 8.87. The Morgan fingerprint density at radius 3 is 1.63 bits per heavy atom. The average Bonchev–Trinajstić information content (AvgIpc) is 2.36.